The molecule has 5 nitrogen and oxygen atoms in total. The summed E-state index contributed by atoms with van der Waals surface area (Å²) < 4.78 is 26.0. The minimum Gasteiger partial charge on any atom is -0.396 e. The van der Waals surface area contributed by atoms with Crippen molar-refractivity contribution in [2.75, 3.05) is 32.0 Å². The number of aliphatic hydroxyl groups excluding tert-OH is 1. The van der Waals surface area contributed by atoms with Crippen molar-refractivity contribution in [2.45, 2.75) is 38.6 Å². The number of likely N-dealkylation sites (tertiary alicyclic amines) is 1. The minimum atomic E-state index is -3.16. The Kier molecular flexibility index (Phi) is 6.40. The monoisotopic (exact) mass is 264 g/mol. The molecule has 1 heterocycles. The van der Waals surface area contributed by atoms with E-state index in [9.17, 15) is 8.42 Å². The maximum atomic E-state index is 11.6. The van der Waals surface area contributed by atoms with Crippen LogP contribution in [0.3, 0.4) is 0 Å². The molecule has 2 N–H and O–H groups in total. The lowest BCUT2D eigenvalue weighted by Crippen LogP contribution is -2.40. The molecule has 1 unspecified atom stereocenters. The van der Waals surface area contributed by atoms with E-state index in [0.29, 0.717) is 25.4 Å². The molecule has 0 aromatic rings. The topological polar surface area (TPSA) is 69.6 Å². The van der Waals surface area contributed by atoms with Crippen molar-refractivity contribution in [1.82, 2.24) is 9.62 Å². The van der Waals surface area contributed by atoms with Crippen LogP contribution in [-0.2, 0) is 10.0 Å². The molecule has 102 valence electrons. The molecule has 17 heavy (non-hydrogen) atoms. The summed E-state index contributed by atoms with van der Waals surface area (Å²) in [5, 5.41) is 8.61. The molecule has 1 saturated heterocycles. The van der Waals surface area contributed by atoms with Crippen molar-refractivity contribution in [1.29, 1.82) is 0 Å². The maximum Gasteiger partial charge on any atom is 0.211 e. The first-order valence-electron chi connectivity index (χ1n) is 6.41. The van der Waals surface area contributed by atoms with Crippen LogP contribution < -0.4 is 4.72 Å². The number of likely N-dealkylation sites (N-methyl/N-ethyl adjacent to an activating group) is 1. The Hall–Kier alpha value is -0.170. The predicted molar refractivity (Wildman–Crippen MR) is 68.4 cm³/mol. The second kappa shape index (κ2) is 7.31. The summed E-state index contributed by atoms with van der Waals surface area (Å²) in [6, 6.07) is 0.354. The van der Waals surface area contributed by atoms with Gasteiger partial charge in [0.15, 0.2) is 0 Å². The Bertz CT molecular complexity index is 306. The third-order valence-electron chi connectivity index (χ3n) is 3.27. The summed E-state index contributed by atoms with van der Waals surface area (Å²) in [7, 11) is -3.16. The quantitative estimate of drug-likeness (QED) is 0.613. The van der Waals surface area contributed by atoms with Crippen molar-refractivity contribution in [3.8, 4) is 0 Å². The number of hydrogen-bond acceptors (Lipinski definition) is 4. The first-order valence-corrected chi connectivity index (χ1v) is 8.06. The van der Waals surface area contributed by atoms with Gasteiger partial charge in [-0.3, -0.25) is 4.90 Å². The Morgan fingerprint density at radius 3 is 2.82 bits per heavy atom. The van der Waals surface area contributed by atoms with Gasteiger partial charge >= 0.3 is 0 Å². The van der Waals surface area contributed by atoms with Gasteiger partial charge in [0.1, 0.15) is 0 Å². The van der Waals surface area contributed by atoms with E-state index in [1.54, 1.807) is 0 Å². The first-order chi connectivity index (χ1) is 8.09. The smallest absolute Gasteiger partial charge is 0.211 e. The number of rotatable bonds is 8. The van der Waals surface area contributed by atoms with Crippen LogP contribution in [0.15, 0.2) is 0 Å². The van der Waals surface area contributed by atoms with Crippen LogP contribution in [0.2, 0.25) is 0 Å². The molecule has 6 heteroatoms. The van der Waals surface area contributed by atoms with E-state index in [4.69, 9.17) is 5.11 Å². The third kappa shape index (κ3) is 5.33. The van der Waals surface area contributed by atoms with E-state index in [1.165, 1.54) is 0 Å². The van der Waals surface area contributed by atoms with Gasteiger partial charge in [-0.25, -0.2) is 13.1 Å². The average molecular weight is 264 g/mol. The molecule has 0 spiro atoms. The fourth-order valence-electron chi connectivity index (χ4n) is 2.24. The van der Waals surface area contributed by atoms with Gasteiger partial charge in [0.25, 0.3) is 0 Å². The summed E-state index contributed by atoms with van der Waals surface area (Å²) in [5.41, 5.74) is 0. The lowest BCUT2D eigenvalue weighted by molar-refractivity contribution is 0.268. The number of aliphatic hydroxyl groups is 1. The minimum absolute atomic E-state index is 0.0573. The molecule has 1 rings (SSSR count). The fraction of sp³-hybridized carbons (Fsp3) is 1.00. The van der Waals surface area contributed by atoms with Crippen molar-refractivity contribution in [3.05, 3.63) is 0 Å². The van der Waals surface area contributed by atoms with Crippen molar-refractivity contribution >= 4 is 10.0 Å². The van der Waals surface area contributed by atoms with Crippen molar-refractivity contribution in [2.24, 2.45) is 0 Å². The normalized spacial score (nSPS) is 22.1. The lowest BCUT2D eigenvalue weighted by atomic mass is 10.2. The maximum absolute atomic E-state index is 11.6. The predicted octanol–water partition coefficient (Wildman–Crippen LogP) is 0.163. The standard InChI is InChI=1S/C11H24N2O3S/c1-2-13-7-5-6-11(13)10-12-17(15,16)9-4-3-8-14/h11-12,14H,2-10H2,1H3. The first kappa shape index (κ1) is 14.9. The van der Waals surface area contributed by atoms with Crippen molar-refractivity contribution < 1.29 is 13.5 Å². The van der Waals surface area contributed by atoms with E-state index in [-0.39, 0.29) is 12.4 Å². The van der Waals surface area contributed by atoms with Crippen LogP contribution in [-0.4, -0.2) is 56.5 Å². The molecule has 1 aliphatic heterocycles. The highest BCUT2D eigenvalue weighted by atomic mass is 32.2. The number of nitrogens with zero attached hydrogens (tertiary/aromatic N) is 1. The van der Waals surface area contributed by atoms with Crippen LogP contribution in [0.4, 0.5) is 0 Å². The van der Waals surface area contributed by atoms with Gasteiger partial charge in [0, 0.05) is 19.2 Å². The number of unbranched alkanes of at least 4 members (excludes halogenated alkanes) is 1. The third-order valence-corrected chi connectivity index (χ3v) is 4.70. The Morgan fingerprint density at radius 2 is 2.18 bits per heavy atom. The Morgan fingerprint density at radius 1 is 1.41 bits per heavy atom. The van der Waals surface area contributed by atoms with Gasteiger partial charge in [-0.05, 0) is 38.8 Å². The Balaban J connectivity index is 2.28. The summed E-state index contributed by atoms with van der Waals surface area (Å²) in [6.07, 6.45) is 3.30. The van der Waals surface area contributed by atoms with E-state index in [1.807, 2.05) is 0 Å². The molecule has 1 aliphatic rings. The molecule has 0 radical (unpaired) electrons. The Labute approximate surface area is 104 Å². The molecule has 0 amide bonds. The number of hydrogen-bond donors (Lipinski definition) is 2. The molecule has 0 aliphatic carbocycles. The summed E-state index contributed by atoms with van der Waals surface area (Å²) in [5.74, 6) is 0.117. The van der Waals surface area contributed by atoms with Crippen molar-refractivity contribution in [3.63, 3.8) is 0 Å². The molecule has 0 aromatic carbocycles. The second-order valence-corrected chi connectivity index (χ2v) is 6.45. The van der Waals surface area contributed by atoms with E-state index < -0.39 is 10.0 Å². The van der Waals surface area contributed by atoms with E-state index in [0.717, 1.165) is 25.9 Å². The molecule has 0 bridgehead atoms. The molecular weight excluding hydrogens is 240 g/mol. The number of nitrogens with one attached hydrogen (secondary N) is 1. The molecule has 1 atom stereocenters. The van der Waals surface area contributed by atoms with Gasteiger partial charge in [0.2, 0.25) is 10.0 Å². The van der Waals surface area contributed by atoms with Gasteiger partial charge in [-0.2, -0.15) is 0 Å². The molecule has 0 saturated carbocycles. The van der Waals surface area contributed by atoms with Gasteiger partial charge in [-0.1, -0.05) is 6.92 Å². The zero-order valence-electron chi connectivity index (χ0n) is 10.6. The van der Waals surface area contributed by atoms with Gasteiger partial charge < -0.3 is 5.11 Å². The summed E-state index contributed by atoms with van der Waals surface area (Å²) in [6.45, 7) is 4.75. The lowest BCUT2D eigenvalue weighted by Gasteiger charge is -2.22. The highest BCUT2D eigenvalue weighted by Gasteiger charge is 2.24. The second-order valence-electron chi connectivity index (χ2n) is 4.52. The summed E-state index contributed by atoms with van der Waals surface area (Å²) in [4.78, 5) is 2.32. The van der Waals surface area contributed by atoms with Crippen LogP contribution in [0.25, 0.3) is 0 Å². The number of sulfonamides is 1. The fourth-order valence-corrected chi connectivity index (χ4v) is 3.42. The zero-order valence-corrected chi connectivity index (χ0v) is 11.4. The largest absolute Gasteiger partial charge is 0.396 e. The van der Waals surface area contributed by atoms with Crippen LogP contribution >= 0.6 is 0 Å². The molecular formula is C11H24N2O3S. The van der Waals surface area contributed by atoms with E-state index in [2.05, 4.69) is 16.5 Å². The highest BCUT2D eigenvalue weighted by molar-refractivity contribution is 7.89. The van der Waals surface area contributed by atoms with Crippen LogP contribution in [0.5, 0.6) is 0 Å². The van der Waals surface area contributed by atoms with Gasteiger partial charge in [0.05, 0.1) is 5.75 Å². The molecule has 1 fully saturated rings. The highest BCUT2D eigenvalue weighted by Crippen LogP contribution is 2.15. The average Bonchev–Trinajstić information content (AvgIpc) is 2.74. The summed E-state index contributed by atoms with van der Waals surface area (Å²) >= 11 is 0. The van der Waals surface area contributed by atoms with Crippen LogP contribution in [0.1, 0.15) is 32.6 Å². The molecule has 0 aromatic heterocycles. The van der Waals surface area contributed by atoms with Crippen LogP contribution in [0, 0.1) is 0 Å². The SMILES string of the molecule is CCN1CCCC1CNS(=O)(=O)CCCCO. The zero-order chi connectivity index (χ0) is 12.7. The van der Waals surface area contributed by atoms with Gasteiger partial charge in [-0.15, -0.1) is 0 Å². The van der Waals surface area contributed by atoms with E-state index >= 15 is 0 Å².